The lowest BCUT2D eigenvalue weighted by molar-refractivity contribution is -0.123. The molecule has 1 aromatic heterocycles. The van der Waals surface area contributed by atoms with Crippen LogP contribution in [-0.2, 0) is 17.8 Å². The Bertz CT molecular complexity index is 685. The number of halogens is 2. The Hall–Kier alpha value is -1.56. The number of amides is 1. The predicted octanol–water partition coefficient (Wildman–Crippen LogP) is 3.87. The van der Waals surface area contributed by atoms with Gasteiger partial charge in [0, 0.05) is 25.2 Å². The highest BCUT2D eigenvalue weighted by Gasteiger charge is 2.20. The highest BCUT2D eigenvalue weighted by molar-refractivity contribution is 5.85. The van der Waals surface area contributed by atoms with Gasteiger partial charge in [-0.3, -0.25) is 4.79 Å². The molecule has 1 amide bonds. The van der Waals surface area contributed by atoms with E-state index in [2.05, 4.69) is 22.4 Å². The van der Waals surface area contributed by atoms with Gasteiger partial charge in [0.25, 0.3) is 0 Å². The van der Waals surface area contributed by atoms with Crippen LogP contribution in [0, 0.1) is 0 Å². The maximum absolute atomic E-state index is 12.4. The molecule has 3 N–H and O–H groups in total. The van der Waals surface area contributed by atoms with Gasteiger partial charge < -0.3 is 15.6 Å². The summed E-state index contributed by atoms with van der Waals surface area (Å²) in [6, 6.07) is 9.99. The van der Waals surface area contributed by atoms with Crippen LogP contribution in [-0.4, -0.2) is 27.5 Å². The second-order valence-corrected chi connectivity index (χ2v) is 7.38. The lowest BCUT2D eigenvalue weighted by Gasteiger charge is -2.22. The number of aromatic nitrogens is 2. The number of carbonyl (C=O) groups is 1. The summed E-state index contributed by atoms with van der Waals surface area (Å²) < 4.78 is 2.03. The molecule has 2 aromatic rings. The zero-order chi connectivity index (χ0) is 18.2. The van der Waals surface area contributed by atoms with Gasteiger partial charge in [-0.1, -0.05) is 62.4 Å². The highest BCUT2D eigenvalue weighted by atomic mass is 35.5. The number of rotatable bonds is 6. The van der Waals surface area contributed by atoms with Crippen molar-refractivity contribution in [3.05, 3.63) is 54.1 Å². The lowest BCUT2D eigenvalue weighted by atomic mass is 9.96. The van der Waals surface area contributed by atoms with Crippen LogP contribution in [0.3, 0.4) is 0 Å². The van der Waals surface area contributed by atoms with Gasteiger partial charge in [-0.05, 0) is 18.4 Å². The van der Waals surface area contributed by atoms with E-state index in [4.69, 9.17) is 5.73 Å². The number of nitrogens with two attached hydrogens (primary N) is 1. The van der Waals surface area contributed by atoms with Crippen molar-refractivity contribution in [3.8, 4) is 0 Å². The van der Waals surface area contributed by atoms with E-state index in [1.165, 1.54) is 37.7 Å². The summed E-state index contributed by atoms with van der Waals surface area (Å²) in [4.78, 5) is 16.9. The molecule has 3 rings (SSSR count). The Morgan fingerprint density at radius 3 is 2.43 bits per heavy atom. The third-order valence-electron chi connectivity index (χ3n) is 5.11. The first-order valence-electron chi connectivity index (χ1n) is 9.81. The van der Waals surface area contributed by atoms with Crippen LogP contribution in [0.5, 0.6) is 0 Å². The van der Waals surface area contributed by atoms with Crippen molar-refractivity contribution >= 4 is 30.7 Å². The average Bonchev–Trinajstić information content (AvgIpc) is 3.04. The standard InChI is InChI=1S/C21H30N4O.2ClH/c22-20(21(26)24-18-11-7-2-1-3-8-12-18)13-19-15-25(16-23-19)14-17-9-5-4-6-10-17;;/h4-6,9-10,15-16,18,20H,1-3,7-8,11-14,22H2,(H,24,26);2*1H/t20-;;/m0../s1. The van der Waals surface area contributed by atoms with Crippen LogP contribution in [0.2, 0.25) is 0 Å². The Morgan fingerprint density at radius 2 is 1.75 bits per heavy atom. The molecule has 0 bridgehead atoms. The van der Waals surface area contributed by atoms with Crippen LogP contribution in [0.25, 0.3) is 0 Å². The third kappa shape index (κ3) is 7.82. The second-order valence-electron chi connectivity index (χ2n) is 7.38. The molecule has 1 aromatic carbocycles. The van der Waals surface area contributed by atoms with Crippen molar-refractivity contribution in [2.24, 2.45) is 5.73 Å². The first-order chi connectivity index (χ1) is 12.7. The minimum Gasteiger partial charge on any atom is -0.352 e. The second kappa shape index (κ2) is 12.8. The molecule has 1 saturated carbocycles. The minimum atomic E-state index is -0.541. The van der Waals surface area contributed by atoms with Crippen LogP contribution >= 0.6 is 24.8 Å². The van der Waals surface area contributed by atoms with Gasteiger partial charge in [0.15, 0.2) is 0 Å². The van der Waals surface area contributed by atoms with E-state index in [0.29, 0.717) is 6.42 Å². The zero-order valence-corrected chi connectivity index (χ0v) is 17.9. The first kappa shape index (κ1) is 24.5. The summed E-state index contributed by atoms with van der Waals surface area (Å²) in [5.74, 6) is -0.0480. The number of imidazole rings is 1. The molecule has 156 valence electrons. The molecule has 1 atom stereocenters. The van der Waals surface area contributed by atoms with Crippen molar-refractivity contribution in [1.82, 2.24) is 14.9 Å². The fourth-order valence-electron chi connectivity index (χ4n) is 3.62. The maximum Gasteiger partial charge on any atom is 0.237 e. The molecular formula is C21H32Cl2N4O. The molecule has 0 radical (unpaired) electrons. The van der Waals surface area contributed by atoms with Crippen molar-refractivity contribution in [3.63, 3.8) is 0 Å². The van der Waals surface area contributed by atoms with Gasteiger partial charge in [-0.15, -0.1) is 24.8 Å². The quantitative estimate of drug-likeness (QED) is 0.735. The summed E-state index contributed by atoms with van der Waals surface area (Å²) in [5.41, 5.74) is 8.22. The van der Waals surface area contributed by atoms with E-state index in [0.717, 1.165) is 25.1 Å². The molecule has 28 heavy (non-hydrogen) atoms. The molecule has 5 nitrogen and oxygen atoms in total. The number of nitrogens with zero attached hydrogens (tertiary/aromatic N) is 2. The predicted molar refractivity (Wildman–Crippen MR) is 118 cm³/mol. The summed E-state index contributed by atoms with van der Waals surface area (Å²) in [5, 5.41) is 3.15. The number of hydrogen-bond acceptors (Lipinski definition) is 3. The average molecular weight is 427 g/mol. The van der Waals surface area contributed by atoms with Crippen LogP contribution < -0.4 is 11.1 Å². The minimum absolute atomic E-state index is 0. The molecule has 0 aliphatic heterocycles. The highest BCUT2D eigenvalue weighted by Crippen LogP contribution is 2.17. The van der Waals surface area contributed by atoms with Crippen molar-refractivity contribution in [1.29, 1.82) is 0 Å². The topological polar surface area (TPSA) is 72.9 Å². The Labute approximate surface area is 180 Å². The SMILES string of the molecule is Cl.Cl.N[C@@H](Cc1cn(Cc2ccccc2)cn1)C(=O)NC1CCCCCCC1. The van der Waals surface area contributed by atoms with Crippen LogP contribution in [0.1, 0.15) is 56.2 Å². The molecule has 0 unspecified atom stereocenters. The Morgan fingerprint density at radius 1 is 1.11 bits per heavy atom. The van der Waals surface area contributed by atoms with E-state index in [1.54, 1.807) is 0 Å². The van der Waals surface area contributed by atoms with Crippen molar-refractivity contribution in [2.45, 2.75) is 70.0 Å². The zero-order valence-electron chi connectivity index (χ0n) is 16.3. The summed E-state index contributed by atoms with van der Waals surface area (Å²) in [7, 11) is 0. The molecule has 1 aliphatic carbocycles. The van der Waals surface area contributed by atoms with Gasteiger partial charge in [-0.25, -0.2) is 4.98 Å². The Balaban J connectivity index is 0.00000196. The van der Waals surface area contributed by atoms with E-state index in [-0.39, 0.29) is 36.8 Å². The van der Waals surface area contributed by atoms with Gasteiger partial charge >= 0.3 is 0 Å². The lowest BCUT2D eigenvalue weighted by Crippen LogP contribution is -2.46. The summed E-state index contributed by atoms with van der Waals surface area (Å²) in [6.45, 7) is 0.775. The molecule has 1 fully saturated rings. The normalized spacial score (nSPS) is 16.0. The summed E-state index contributed by atoms with van der Waals surface area (Å²) >= 11 is 0. The van der Waals surface area contributed by atoms with E-state index in [9.17, 15) is 4.79 Å². The number of benzene rings is 1. The van der Waals surface area contributed by atoms with Crippen LogP contribution in [0.15, 0.2) is 42.9 Å². The van der Waals surface area contributed by atoms with Crippen molar-refractivity contribution in [2.75, 3.05) is 0 Å². The molecule has 7 heteroatoms. The molecule has 0 saturated heterocycles. The maximum atomic E-state index is 12.4. The first-order valence-corrected chi connectivity index (χ1v) is 9.81. The molecule has 0 spiro atoms. The van der Waals surface area contributed by atoms with Crippen molar-refractivity contribution < 1.29 is 4.79 Å². The molecular weight excluding hydrogens is 395 g/mol. The fourth-order valence-corrected chi connectivity index (χ4v) is 3.62. The smallest absolute Gasteiger partial charge is 0.237 e. The third-order valence-corrected chi connectivity index (χ3v) is 5.11. The number of carbonyl (C=O) groups excluding carboxylic acids is 1. The van der Waals surface area contributed by atoms with Crippen LogP contribution in [0.4, 0.5) is 0 Å². The molecule has 1 heterocycles. The van der Waals surface area contributed by atoms with Gasteiger partial charge in [0.05, 0.1) is 18.1 Å². The van der Waals surface area contributed by atoms with Gasteiger partial charge in [0.2, 0.25) is 5.91 Å². The summed E-state index contributed by atoms with van der Waals surface area (Å²) in [6.07, 6.45) is 12.7. The largest absolute Gasteiger partial charge is 0.352 e. The number of nitrogens with one attached hydrogen (secondary N) is 1. The van der Waals surface area contributed by atoms with E-state index < -0.39 is 6.04 Å². The molecule has 1 aliphatic rings. The fraction of sp³-hybridized carbons (Fsp3) is 0.524. The monoisotopic (exact) mass is 426 g/mol. The number of hydrogen-bond donors (Lipinski definition) is 2. The Kier molecular flexibility index (Phi) is 11.2. The van der Waals surface area contributed by atoms with E-state index >= 15 is 0 Å². The van der Waals surface area contributed by atoms with Gasteiger partial charge in [0.1, 0.15) is 0 Å². The van der Waals surface area contributed by atoms with E-state index in [1.807, 2.05) is 35.3 Å². The van der Waals surface area contributed by atoms with Gasteiger partial charge in [-0.2, -0.15) is 0 Å².